The highest BCUT2D eigenvalue weighted by molar-refractivity contribution is 5.95. The molecule has 1 saturated carbocycles. The van der Waals surface area contributed by atoms with Crippen LogP contribution in [0.1, 0.15) is 45.3 Å². The number of aromatic nitrogens is 3. The summed E-state index contributed by atoms with van der Waals surface area (Å²) in [6, 6.07) is 15.2. The molecule has 7 rings (SSSR count). The van der Waals surface area contributed by atoms with Crippen molar-refractivity contribution in [2.24, 2.45) is 11.8 Å². The van der Waals surface area contributed by atoms with Crippen molar-refractivity contribution in [2.75, 3.05) is 26.8 Å². The number of ether oxygens (including phenoxy) is 3. The first-order valence-corrected chi connectivity index (χ1v) is 14.3. The second-order valence-corrected chi connectivity index (χ2v) is 11.4. The summed E-state index contributed by atoms with van der Waals surface area (Å²) in [5, 5.41) is 18.6. The molecular weight excluding hydrogens is 553 g/mol. The van der Waals surface area contributed by atoms with Crippen molar-refractivity contribution in [3.8, 4) is 17.7 Å². The van der Waals surface area contributed by atoms with Gasteiger partial charge in [0.1, 0.15) is 29.5 Å². The van der Waals surface area contributed by atoms with Crippen LogP contribution in [-0.2, 0) is 24.4 Å². The predicted octanol–water partition coefficient (Wildman–Crippen LogP) is 4.36. The third-order valence-electron chi connectivity index (χ3n) is 8.82. The zero-order chi connectivity index (χ0) is 29.7. The third kappa shape index (κ3) is 5.17. The maximum atomic E-state index is 14.3. The van der Waals surface area contributed by atoms with E-state index in [1.54, 1.807) is 24.3 Å². The Bertz CT molecular complexity index is 1750. The molecule has 3 aliphatic rings. The van der Waals surface area contributed by atoms with Gasteiger partial charge in [-0.25, -0.2) is 19.2 Å². The predicted molar refractivity (Wildman–Crippen MR) is 152 cm³/mol. The lowest BCUT2D eigenvalue weighted by atomic mass is 10.1. The highest BCUT2D eigenvalue weighted by Crippen LogP contribution is 2.58. The number of fused-ring (bicyclic) bond motifs is 2. The largest absolute Gasteiger partial charge is 0.494 e. The number of hydrogen-bond acceptors (Lipinski definition) is 8. The lowest BCUT2D eigenvalue weighted by Crippen LogP contribution is -2.33. The second kappa shape index (κ2) is 10.9. The minimum Gasteiger partial charge on any atom is -0.494 e. The van der Waals surface area contributed by atoms with Gasteiger partial charge in [0.25, 0.3) is 0 Å². The second-order valence-electron chi connectivity index (χ2n) is 11.4. The molecule has 2 aliphatic heterocycles. The fraction of sp³-hybridized carbons (Fsp3) is 0.375. The average molecular weight is 584 g/mol. The molecule has 0 spiro atoms. The first-order valence-electron chi connectivity index (χ1n) is 14.3. The minimum atomic E-state index is -1.01. The maximum absolute atomic E-state index is 14.3. The number of halogens is 1. The zero-order valence-corrected chi connectivity index (χ0v) is 23.6. The average Bonchev–Trinajstić information content (AvgIpc) is 3.30. The zero-order valence-electron chi connectivity index (χ0n) is 23.6. The molecule has 4 heterocycles. The van der Waals surface area contributed by atoms with Gasteiger partial charge < -0.3 is 23.9 Å². The number of pyridine rings is 1. The molecule has 11 heteroatoms. The third-order valence-corrected chi connectivity index (χ3v) is 8.82. The molecule has 43 heavy (non-hydrogen) atoms. The summed E-state index contributed by atoms with van der Waals surface area (Å²) in [7, 11) is 1.53. The molecule has 4 aromatic rings. The minimum absolute atomic E-state index is 0.0327. The van der Waals surface area contributed by atoms with Gasteiger partial charge in [0.15, 0.2) is 0 Å². The van der Waals surface area contributed by atoms with Gasteiger partial charge in [0.05, 0.1) is 49.0 Å². The standard InChI is InChI=1S/C32H30FN5O5/c1-41-27-11-20(32(39)40)10-26-31(27)36-28(38(26)13-21-7-8-42-21)16-37-14-22-23(15-37)30(22)25-3-2-4-29(35-25)43-17-19-6-5-18(12-34)9-24(19)33/h2-6,9-11,21-23,30H,7-8,13-17H2,1H3,(H,39,40)/t21-,22?,23?,30?/m0/s1. The van der Waals surface area contributed by atoms with Gasteiger partial charge in [-0.2, -0.15) is 5.26 Å². The molecular formula is C32H30FN5O5. The summed E-state index contributed by atoms with van der Waals surface area (Å²) in [5.74, 6) is 1.57. The molecule has 2 unspecified atom stereocenters. The van der Waals surface area contributed by atoms with Crippen LogP contribution in [0.4, 0.5) is 4.39 Å². The van der Waals surface area contributed by atoms with Crippen LogP contribution in [-0.4, -0.2) is 63.4 Å². The Morgan fingerprint density at radius 3 is 2.67 bits per heavy atom. The summed E-state index contributed by atoms with van der Waals surface area (Å²) in [6.45, 7) is 3.83. The molecule has 1 N–H and O–H groups in total. The summed E-state index contributed by atoms with van der Waals surface area (Å²) in [4.78, 5) is 23.8. The monoisotopic (exact) mass is 583 g/mol. The highest BCUT2D eigenvalue weighted by Gasteiger charge is 2.57. The van der Waals surface area contributed by atoms with E-state index in [0.29, 0.717) is 53.6 Å². The Morgan fingerprint density at radius 2 is 2.00 bits per heavy atom. The fourth-order valence-electron chi connectivity index (χ4n) is 6.44. The van der Waals surface area contributed by atoms with Crippen LogP contribution in [0.25, 0.3) is 11.0 Å². The number of nitrogens with zero attached hydrogens (tertiary/aromatic N) is 5. The molecule has 220 valence electrons. The molecule has 2 saturated heterocycles. The number of nitriles is 1. The maximum Gasteiger partial charge on any atom is 0.335 e. The quantitative estimate of drug-likeness (QED) is 0.290. The first kappa shape index (κ1) is 27.3. The lowest BCUT2D eigenvalue weighted by Gasteiger charge is -2.28. The Balaban J connectivity index is 1.04. The van der Waals surface area contributed by atoms with Crippen molar-refractivity contribution in [3.05, 3.63) is 82.6 Å². The number of hydrogen-bond donors (Lipinski definition) is 1. The molecule has 2 aromatic heterocycles. The molecule has 3 fully saturated rings. The van der Waals surface area contributed by atoms with Gasteiger partial charge in [-0.15, -0.1) is 0 Å². The van der Waals surface area contributed by atoms with E-state index in [1.807, 2.05) is 18.2 Å². The summed E-state index contributed by atoms with van der Waals surface area (Å²) >= 11 is 0. The molecule has 1 aliphatic carbocycles. The van der Waals surface area contributed by atoms with E-state index in [4.69, 9.17) is 29.4 Å². The highest BCUT2D eigenvalue weighted by atomic mass is 19.1. The molecule has 3 atom stereocenters. The number of rotatable bonds is 10. The van der Waals surface area contributed by atoms with Crippen LogP contribution in [0.5, 0.6) is 11.6 Å². The Morgan fingerprint density at radius 1 is 1.19 bits per heavy atom. The molecule has 10 nitrogen and oxygen atoms in total. The summed E-state index contributed by atoms with van der Waals surface area (Å²) in [5.41, 5.74) is 3.19. The Hall–Kier alpha value is -4.53. The number of carboxylic acid groups (broad SMARTS) is 1. The number of benzene rings is 2. The van der Waals surface area contributed by atoms with E-state index >= 15 is 0 Å². The van der Waals surface area contributed by atoms with Crippen molar-refractivity contribution in [1.82, 2.24) is 19.4 Å². The molecule has 2 aromatic carbocycles. The number of imidazole rings is 1. The van der Waals surface area contributed by atoms with Crippen molar-refractivity contribution < 1.29 is 28.5 Å². The number of aromatic carboxylic acids is 1. The number of piperidine rings is 1. The van der Waals surface area contributed by atoms with Crippen LogP contribution in [0.15, 0.2) is 48.5 Å². The molecule has 0 amide bonds. The van der Waals surface area contributed by atoms with Gasteiger partial charge in [-0.05, 0) is 48.6 Å². The van der Waals surface area contributed by atoms with Gasteiger partial charge in [-0.3, -0.25) is 4.90 Å². The van der Waals surface area contributed by atoms with E-state index in [1.165, 1.54) is 19.2 Å². The van der Waals surface area contributed by atoms with Gasteiger partial charge in [0, 0.05) is 42.9 Å². The lowest BCUT2D eigenvalue weighted by molar-refractivity contribution is -0.0591. The first-order chi connectivity index (χ1) is 20.9. The number of carbonyl (C=O) groups is 1. The molecule has 0 bridgehead atoms. The fourth-order valence-corrected chi connectivity index (χ4v) is 6.44. The Kier molecular flexibility index (Phi) is 6.95. The van der Waals surface area contributed by atoms with Crippen LogP contribution in [0.2, 0.25) is 0 Å². The van der Waals surface area contributed by atoms with Crippen molar-refractivity contribution in [1.29, 1.82) is 5.26 Å². The van der Waals surface area contributed by atoms with Crippen LogP contribution < -0.4 is 9.47 Å². The van der Waals surface area contributed by atoms with Crippen LogP contribution in [0, 0.1) is 29.0 Å². The SMILES string of the molecule is COc1cc(C(=O)O)cc2c1nc(CN1CC3C(C1)C3c1cccc(OCc3ccc(C#N)cc3F)n1)n2C[C@@H]1CCO1. The van der Waals surface area contributed by atoms with Gasteiger partial charge in [-0.1, -0.05) is 12.1 Å². The number of methoxy groups -OCH3 is 1. The summed E-state index contributed by atoms with van der Waals surface area (Å²) in [6.07, 6.45) is 1.05. The summed E-state index contributed by atoms with van der Waals surface area (Å²) < 4.78 is 33.4. The van der Waals surface area contributed by atoms with Crippen LogP contribution in [0.3, 0.4) is 0 Å². The van der Waals surface area contributed by atoms with E-state index in [9.17, 15) is 14.3 Å². The van der Waals surface area contributed by atoms with Gasteiger partial charge in [0.2, 0.25) is 5.88 Å². The van der Waals surface area contributed by atoms with Crippen molar-refractivity contribution in [3.63, 3.8) is 0 Å². The van der Waals surface area contributed by atoms with Crippen LogP contribution >= 0.6 is 0 Å². The Labute approximate surface area is 247 Å². The number of carboxylic acids is 1. The van der Waals surface area contributed by atoms with E-state index in [-0.39, 0.29) is 23.8 Å². The normalized spacial score (nSPS) is 22.5. The van der Waals surface area contributed by atoms with Gasteiger partial charge >= 0.3 is 5.97 Å². The van der Waals surface area contributed by atoms with E-state index < -0.39 is 11.8 Å². The van der Waals surface area contributed by atoms with Crippen molar-refractivity contribution in [2.45, 2.75) is 38.1 Å². The smallest absolute Gasteiger partial charge is 0.335 e. The van der Waals surface area contributed by atoms with Crippen molar-refractivity contribution >= 4 is 17.0 Å². The topological polar surface area (TPSA) is 123 Å². The number of likely N-dealkylation sites (tertiary alicyclic amines) is 1. The van der Waals surface area contributed by atoms with E-state index in [2.05, 4.69) is 9.47 Å². The van der Waals surface area contributed by atoms with E-state index in [0.717, 1.165) is 43.2 Å². The molecule has 0 radical (unpaired) electrons.